The monoisotopic (exact) mass is 282 g/mol. The highest BCUT2D eigenvalue weighted by Gasteiger charge is 2.14. The average molecular weight is 282 g/mol. The fourth-order valence-corrected chi connectivity index (χ4v) is 2.13. The van der Waals surface area contributed by atoms with Crippen LogP contribution >= 0.6 is 0 Å². The number of ether oxygens (including phenoxy) is 2. The first-order chi connectivity index (χ1) is 9.63. The second-order valence-electron chi connectivity index (χ2n) is 4.63. The molecule has 0 aliphatic carbocycles. The number of hydrogen-bond donors (Lipinski definition) is 0. The average Bonchev–Trinajstić information content (AvgIpc) is 2.44. The summed E-state index contributed by atoms with van der Waals surface area (Å²) in [6, 6.07) is 3.46. The van der Waals surface area contributed by atoms with Crippen molar-refractivity contribution in [3.8, 4) is 5.75 Å². The van der Waals surface area contributed by atoms with E-state index in [0.29, 0.717) is 25.0 Å². The number of hydrogen-bond acceptors (Lipinski definition) is 3. The van der Waals surface area contributed by atoms with Crippen LogP contribution in [0.5, 0.6) is 5.75 Å². The summed E-state index contributed by atoms with van der Waals surface area (Å²) in [4.78, 5) is 11.4. The topological polar surface area (TPSA) is 35.5 Å². The molecule has 112 valence electrons. The molecule has 0 N–H and O–H groups in total. The number of esters is 1. The summed E-state index contributed by atoms with van der Waals surface area (Å²) in [5, 5.41) is 0. The normalized spacial score (nSPS) is 10.4. The molecule has 0 aromatic heterocycles. The van der Waals surface area contributed by atoms with Crippen LogP contribution in [-0.4, -0.2) is 19.7 Å². The molecule has 20 heavy (non-hydrogen) atoms. The lowest BCUT2D eigenvalue weighted by Crippen LogP contribution is -2.08. The van der Waals surface area contributed by atoms with Crippen molar-refractivity contribution in [2.45, 2.75) is 46.0 Å². The molecule has 0 saturated heterocycles. The first kappa shape index (κ1) is 16.5. The maximum absolute atomic E-state index is 14.3. The molecule has 0 bridgehead atoms. The van der Waals surface area contributed by atoms with Gasteiger partial charge < -0.3 is 9.47 Å². The molecule has 0 aliphatic rings. The Hall–Kier alpha value is -1.58. The SMILES string of the molecule is CCCCc1c(CCC(=O)OCC)ccc(OC)c1F. The summed E-state index contributed by atoms with van der Waals surface area (Å²) in [6.45, 7) is 4.21. The molecule has 1 aromatic carbocycles. The lowest BCUT2D eigenvalue weighted by atomic mass is 9.97. The van der Waals surface area contributed by atoms with Crippen LogP contribution in [0.15, 0.2) is 12.1 Å². The largest absolute Gasteiger partial charge is 0.494 e. The Morgan fingerprint density at radius 1 is 1.25 bits per heavy atom. The summed E-state index contributed by atoms with van der Waals surface area (Å²) in [7, 11) is 1.46. The number of halogens is 1. The molecule has 4 heteroatoms. The Labute approximate surface area is 120 Å². The summed E-state index contributed by atoms with van der Waals surface area (Å²) in [5.74, 6) is -0.288. The van der Waals surface area contributed by atoms with Crippen molar-refractivity contribution < 1.29 is 18.7 Å². The first-order valence-corrected chi connectivity index (χ1v) is 7.13. The van der Waals surface area contributed by atoms with E-state index in [1.807, 2.05) is 6.07 Å². The van der Waals surface area contributed by atoms with Crippen LogP contribution in [-0.2, 0) is 22.4 Å². The minimum absolute atomic E-state index is 0.245. The zero-order chi connectivity index (χ0) is 15.0. The number of carbonyl (C=O) groups is 1. The van der Waals surface area contributed by atoms with Crippen molar-refractivity contribution in [3.05, 3.63) is 29.1 Å². The Morgan fingerprint density at radius 3 is 2.60 bits per heavy atom. The molecule has 0 spiro atoms. The minimum Gasteiger partial charge on any atom is -0.494 e. The third-order valence-electron chi connectivity index (χ3n) is 3.21. The van der Waals surface area contributed by atoms with Crippen LogP contribution in [0, 0.1) is 5.82 Å². The van der Waals surface area contributed by atoms with Crippen LogP contribution in [0.2, 0.25) is 0 Å². The molecule has 0 amide bonds. The second kappa shape index (κ2) is 8.56. The number of rotatable bonds is 8. The van der Waals surface area contributed by atoms with Gasteiger partial charge in [0.05, 0.1) is 13.7 Å². The molecule has 1 aromatic rings. The molecule has 0 unspecified atom stereocenters. The summed E-state index contributed by atoms with van der Waals surface area (Å²) < 4.78 is 24.2. The van der Waals surface area contributed by atoms with Crippen LogP contribution in [0.1, 0.15) is 44.2 Å². The molecule has 0 saturated carbocycles. The second-order valence-corrected chi connectivity index (χ2v) is 4.63. The van der Waals surface area contributed by atoms with E-state index in [-0.39, 0.29) is 24.0 Å². The van der Waals surface area contributed by atoms with Crippen LogP contribution in [0.3, 0.4) is 0 Å². The third-order valence-corrected chi connectivity index (χ3v) is 3.21. The quantitative estimate of drug-likeness (QED) is 0.682. The maximum atomic E-state index is 14.3. The van der Waals surface area contributed by atoms with Gasteiger partial charge in [-0.3, -0.25) is 4.79 Å². The Kier molecular flexibility index (Phi) is 7.05. The minimum atomic E-state index is -0.303. The molecule has 0 radical (unpaired) electrons. The van der Waals surface area contributed by atoms with E-state index in [2.05, 4.69) is 6.92 Å². The van der Waals surface area contributed by atoms with Gasteiger partial charge in [-0.25, -0.2) is 4.39 Å². The standard InChI is InChI=1S/C16H23FO3/c1-4-6-7-13-12(9-11-15(18)20-5-2)8-10-14(19-3)16(13)17/h8,10H,4-7,9,11H2,1-3H3. The Bertz CT molecular complexity index is 444. The van der Waals surface area contributed by atoms with Crippen molar-refractivity contribution in [1.29, 1.82) is 0 Å². The van der Waals surface area contributed by atoms with E-state index in [0.717, 1.165) is 18.4 Å². The molecule has 0 heterocycles. The van der Waals surface area contributed by atoms with Crippen LogP contribution < -0.4 is 4.74 Å². The maximum Gasteiger partial charge on any atom is 0.306 e. The first-order valence-electron chi connectivity index (χ1n) is 7.13. The van der Waals surface area contributed by atoms with Crippen LogP contribution in [0.25, 0.3) is 0 Å². The zero-order valence-electron chi connectivity index (χ0n) is 12.5. The van der Waals surface area contributed by atoms with Crippen molar-refractivity contribution in [3.63, 3.8) is 0 Å². The molecular formula is C16H23FO3. The van der Waals surface area contributed by atoms with E-state index in [9.17, 15) is 9.18 Å². The van der Waals surface area contributed by atoms with E-state index < -0.39 is 0 Å². The molecule has 0 aliphatic heterocycles. The van der Waals surface area contributed by atoms with Gasteiger partial charge in [0.15, 0.2) is 11.6 Å². The molecule has 0 fully saturated rings. The Morgan fingerprint density at radius 2 is 2.00 bits per heavy atom. The number of carbonyl (C=O) groups excluding carboxylic acids is 1. The van der Waals surface area contributed by atoms with E-state index >= 15 is 0 Å². The van der Waals surface area contributed by atoms with E-state index in [4.69, 9.17) is 9.47 Å². The lowest BCUT2D eigenvalue weighted by Gasteiger charge is -2.13. The molecule has 1 rings (SSSR count). The van der Waals surface area contributed by atoms with Gasteiger partial charge >= 0.3 is 5.97 Å². The van der Waals surface area contributed by atoms with Crippen molar-refractivity contribution in [2.75, 3.05) is 13.7 Å². The highest BCUT2D eigenvalue weighted by Crippen LogP contribution is 2.26. The van der Waals surface area contributed by atoms with Gasteiger partial charge in [-0.2, -0.15) is 0 Å². The fraction of sp³-hybridized carbons (Fsp3) is 0.562. The van der Waals surface area contributed by atoms with Gasteiger partial charge in [-0.15, -0.1) is 0 Å². The number of unbranched alkanes of at least 4 members (excludes halogenated alkanes) is 1. The fourth-order valence-electron chi connectivity index (χ4n) is 2.13. The highest BCUT2D eigenvalue weighted by molar-refractivity contribution is 5.69. The summed E-state index contributed by atoms with van der Waals surface area (Å²) in [6.07, 6.45) is 3.35. The van der Waals surface area contributed by atoms with E-state index in [1.54, 1.807) is 13.0 Å². The van der Waals surface area contributed by atoms with Gasteiger partial charge in [0, 0.05) is 6.42 Å². The molecular weight excluding hydrogens is 259 g/mol. The van der Waals surface area contributed by atoms with Gasteiger partial charge in [-0.1, -0.05) is 19.4 Å². The van der Waals surface area contributed by atoms with Crippen molar-refractivity contribution in [2.24, 2.45) is 0 Å². The smallest absolute Gasteiger partial charge is 0.306 e. The van der Waals surface area contributed by atoms with Gasteiger partial charge in [0.25, 0.3) is 0 Å². The molecule has 3 nitrogen and oxygen atoms in total. The van der Waals surface area contributed by atoms with Crippen LogP contribution in [0.4, 0.5) is 4.39 Å². The summed E-state index contributed by atoms with van der Waals surface area (Å²) >= 11 is 0. The highest BCUT2D eigenvalue weighted by atomic mass is 19.1. The lowest BCUT2D eigenvalue weighted by molar-refractivity contribution is -0.143. The summed E-state index contributed by atoms with van der Waals surface area (Å²) in [5.41, 5.74) is 1.53. The number of methoxy groups -OCH3 is 1. The third kappa shape index (κ3) is 4.51. The van der Waals surface area contributed by atoms with E-state index in [1.165, 1.54) is 7.11 Å². The number of benzene rings is 1. The predicted octanol–water partition coefficient (Wildman–Crippen LogP) is 3.67. The van der Waals surface area contributed by atoms with Crippen molar-refractivity contribution >= 4 is 5.97 Å². The van der Waals surface area contributed by atoms with Gasteiger partial charge in [0.2, 0.25) is 0 Å². The van der Waals surface area contributed by atoms with Gasteiger partial charge in [-0.05, 0) is 43.4 Å². The Balaban J connectivity index is 2.87. The number of aryl methyl sites for hydroxylation is 1. The van der Waals surface area contributed by atoms with Gasteiger partial charge in [0.1, 0.15) is 0 Å². The zero-order valence-corrected chi connectivity index (χ0v) is 12.5. The molecule has 0 atom stereocenters. The van der Waals surface area contributed by atoms with Crippen molar-refractivity contribution in [1.82, 2.24) is 0 Å². The predicted molar refractivity (Wildman–Crippen MR) is 76.5 cm³/mol.